The summed E-state index contributed by atoms with van der Waals surface area (Å²) in [5.41, 5.74) is 1.63. The van der Waals surface area contributed by atoms with E-state index in [1.807, 2.05) is 19.1 Å². The highest BCUT2D eigenvalue weighted by molar-refractivity contribution is 5.91. The van der Waals surface area contributed by atoms with Crippen molar-refractivity contribution < 1.29 is 14.3 Å². The molecule has 0 heterocycles. The van der Waals surface area contributed by atoms with E-state index in [4.69, 9.17) is 4.74 Å². The van der Waals surface area contributed by atoms with Gasteiger partial charge in [0, 0.05) is 13.0 Å². The van der Waals surface area contributed by atoms with Crippen molar-refractivity contribution in [3.8, 4) is 5.75 Å². The van der Waals surface area contributed by atoms with Gasteiger partial charge in [-0.1, -0.05) is 6.07 Å². The summed E-state index contributed by atoms with van der Waals surface area (Å²) < 4.78 is 5.15. The fraction of sp³-hybridized carbons (Fsp3) is 0.385. The van der Waals surface area contributed by atoms with Crippen molar-refractivity contribution in [2.45, 2.75) is 20.3 Å². The average molecular weight is 250 g/mol. The number of anilines is 1. The lowest BCUT2D eigenvalue weighted by Crippen LogP contribution is -2.30. The minimum atomic E-state index is -0.347. The molecule has 5 nitrogen and oxygen atoms in total. The molecule has 1 aromatic rings. The Balaban J connectivity index is 2.58. The minimum Gasteiger partial charge on any atom is -0.495 e. The number of carbonyl (C=O) groups excluding carboxylic acids is 2. The highest BCUT2D eigenvalue weighted by Gasteiger charge is 2.07. The lowest BCUT2D eigenvalue weighted by molar-refractivity contribution is -0.116. The van der Waals surface area contributed by atoms with Gasteiger partial charge in [0.15, 0.2) is 0 Å². The van der Waals surface area contributed by atoms with Crippen LogP contribution in [-0.4, -0.2) is 25.5 Å². The third-order valence-electron chi connectivity index (χ3n) is 2.37. The first-order chi connectivity index (χ1) is 8.52. The Morgan fingerprint density at radius 1 is 1.33 bits per heavy atom. The number of amides is 2. The van der Waals surface area contributed by atoms with Crippen LogP contribution in [0.15, 0.2) is 18.2 Å². The van der Waals surface area contributed by atoms with Crippen molar-refractivity contribution in [3.05, 3.63) is 23.8 Å². The second-order valence-electron chi connectivity index (χ2n) is 4.04. The number of aryl methyl sites for hydroxylation is 1. The lowest BCUT2D eigenvalue weighted by Gasteiger charge is -2.11. The molecule has 2 N–H and O–H groups in total. The van der Waals surface area contributed by atoms with Crippen LogP contribution < -0.4 is 15.4 Å². The Kier molecular flexibility index (Phi) is 5.17. The number of benzene rings is 1. The normalized spacial score (nSPS) is 9.72. The van der Waals surface area contributed by atoms with Gasteiger partial charge in [0.1, 0.15) is 11.5 Å². The molecule has 0 fully saturated rings. The molecule has 0 aromatic heterocycles. The van der Waals surface area contributed by atoms with Gasteiger partial charge in [-0.15, -0.1) is 0 Å². The van der Waals surface area contributed by atoms with Crippen molar-refractivity contribution >= 4 is 17.5 Å². The van der Waals surface area contributed by atoms with E-state index in [-0.39, 0.29) is 11.8 Å². The van der Waals surface area contributed by atoms with Crippen LogP contribution in [0.25, 0.3) is 0 Å². The van der Waals surface area contributed by atoms with Crippen LogP contribution in [0, 0.1) is 6.92 Å². The van der Waals surface area contributed by atoms with Gasteiger partial charge < -0.3 is 15.4 Å². The number of methoxy groups -OCH3 is 1. The molecule has 0 saturated heterocycles. The van der Waals surface area contributed by atoms with Crippen LogP contribution >= 0.6 is 0 Å². The number of carbonyl (C=O) groups is 2. The van der Waals surface area contributed by atoms with E-state index in [9.17, 15) is 9.59 Å². The fourth-order valence-electron chi connectivity index (χ4n) is 1.44. The van der Waals surface area contributed by atoms with E-state index in [0.717, 1.165) is 5.56 Å². The van der Waals surface area contributed by atoms with Crippen LogP contribution in [0.3, 0.4) is 0 Å². The van der Waals surface area contributed by atoms with Crippen LogP contribution in [0.1, 0.15) is 18.9 Å². The molecular weight excluding hydrogens is 232 g/mol. The topological polar surface area (TPSA) is 67.4 Å². The summed E-state index contributed by atoms with van der Waals surface area (Å²) in [5.74, 6) is 0.644. The summed E-state index contributed by atoms with van der Waals surface area (Å²) in [6.45, 7) is 3.75. The molecule has 0 spiro atoms. The van der Waals surface area contributed by atoms with Gasteiger partial charge in [-0.3, -0.25) is 4.79 Å². The standard InChI is InChI=1S/C13H18N2O3/c1-9-4-5-12(18-3)11(8-9)15-13(17)14-7-6-10(2)16/h4-5,8H,6-7H2,1-3H3,(H2,14,15,17). The highest BCUT2D eigenvalue weighted by Crippen LogP contribution is 2.24. The molecule has 0 aliphatic heterocycles. The van der Waals surface area contributed by atoms with E-state index in [2.05, 4.69) is 10.6 Å². The molecule has 18 heavy (non-hydrogen) atoms. The second kappa shape index (κ2) is 6.64. The van der Waals surface area contributed by atoms with E-state index < -0.39 is 0 Å². The number of hydrogen-bond donors (Lipinski definition) is 2. The molecule has 0 aliphatic carbocycles. The quantitative estimate of drug-likeness (QED) is 0.841. The number of urea groups is 1. The van der Waals surface area contributed by atoms with Gasteiger partial charge in [0.05, 0.1) is 12.8 Å². The predicted molar refractivity (Wildman–Crippen MR) is 70.1 cm³/mol. The van der Waals surface area contributed by atoms with Gasteiger partial charge in [-0.25, -0.2) is 4.79 Å². The minimum absolute atomic E-state index is 0.0448. The summed E-state index contributed by atoms with van der Waals surface area (Å²) in [6.07, 6.45) is 0.332. The Labute approximate surface area is 107 Å². The third kappa shape index (κ3) is 4.45. The van der Waals surface area contributed by atoms with Gasteiger partial charge in [0.2, 0.25) is 0 Å². The largest absolute Gasteiger partial charge is 0.495 e. The summed E-state index contributed by atoms with van der Waals surface area (Å²) in [4.78, 5) is 22.3. The van der Waals surface area contributed by atoms with E-state index >= 15 is 0 Å². The van der Waals surface area contributed by atoms with Gasteiger partial charge in [0.25, 0.3) is 0 Å². The molecule has 0 unspecified atom stereocenters. The molecular formula is C13H18N2O3. The maximum atomic E-state index is 11.6. The Bertz CT molecular complexity index is 444. The molecule has 2 amide bonds. The Hall–Kier alpha value is -2.04. The van der Waals surface area contributed by atoms with E-state index in [1.54, 1.807) is 13.2 Å². The maximum absolute atomic E-state index is 11.6. The van der Waals surface area contributed by atoms with Crippen molar-refractivity contribution in [3.63, 3.8) is 0 Å². The molecule has 1 rings (SSSR count). The van der Waals surface area contributed by atoms with Crippen molar-refractivity contribution in [2.24, 2.45) is 0 Å². The van der Waals surface area contributed by atoms with Crippen LogP contribution in [0.4, 0.5) is 10.5 Å². The molecule has 0 bridgehead atoms. The first-order valence-electron chi connectivity index (χ1n) is 5.72. The first-order valence-corrected chi connectivity index (χ1v) is 5.72. The number of nitrogens with one attached hydrogen (secondary N) is 2. The predicted octanol–water partition coefficient (Wildman–Crippen LogP) is 2.10. The number of rotatable bonds is 5. The lowest BCUT2D eigenvalue weighted by atomic mass is 10.2. The van der Waals surface area contributed by atoms with Crippen LogP contribution in [0.2, 0.25) is 0 Å². The summed E-state index contributed by atoms with van der Waals surface area (Å²) in [6, 6.07) is 5.17. The number of Topliss-reactive ketones (excluding diaryl/α,β-unsaturated/α-hetero) is 1. The second-order valence-corrected chi connectivity index (χ2v) is 4.04. The number of ketones is 1. The van der Waals surface area contributed by atoms with E-state index in [1.165, 1.54) is 6.92 Å². The van der Waals surface area contributed by atoms with Gasteiger partial charge in [-0.05, 0) is 31.5 Å². The Morgan fingerprint density at radius 3 is 2.67 bits per heavy atom. The summed E-state index contributed by atoms with van der Waals surface area (Å²) in [5, 5.41) is 5.30. The molecule has 0 atom stereocenters. The van der Waals surface area contributed by atoms with Crippen LogP contribution in [0.5, 0.6) is 5.75 Å². The smallest absolute Gasteiger partial charge is 0.319 e. The highest BCUT2D eigenvalue weighted by atomic mass is 16.5. The zero-order valence-corrected chi connectivity index (χ0v) is 10.9. The molecule has 0 aliphatic rings. The third-order valence-corrected chi connectivity index (χ3v) is 2.37. The number of ether oxygens (including phenoxy) is 1. The summed E-state index contributed by atoms with van der Waals surface area (Å²) >= 11 is 0. The monoisotopic (exact) mass is 250 g/mol. The zero-order chi connectivity index (χ0) is 13.5. The first kappa shape index (κ1) is 14.0. The number of hydrogen-bond acceptors (Lipinski definition) is 3. The fourth-order valence-corrected chi connectivity index (χ4v) is 1.44. The van der Waals surface area contributed by atoms with Crippen LogP contribution in [-0.2, 0) is 4.79 Å². The van der Waals surface area contributed by atoms with Gasteiger partial charge in [-0.2, -0.15) is 0 Å². The van der Waals surface area contributed by atoms with Gasteiger partial charge >= 0.3 is 6.03 Å². The average Bonchev–Trinajstić information content (AvgIpc) is 2.28. The Morgan fingerprint density at radius 2 is 2.06 bits per heavy atom. The molecule has 1 aromatic carbocycles. The van der Waals surface area contributed by atoms with Crippen molar-refractivity contribution in [1.29, 1.82) is 0 Å². The molecule has 5 heteroatoms. The zero-order valence-electron chi connectivity index (χ0n) is 10.9. The van der Waals surface area contributed by atoms with Crippen molar-refractivity contribution in [2.75, 3.05) is 19.0 Å². The molecule has 0 radical (unpaired) electrons. The maximum Gasteiger partial charge on any atom is 0.319 e. The van der Waals surface area contributed by atoms with Crippen molar-refractivity contribution in [1.82, 2.24) is 5.32 Å². The summed E-state index contributed by atoms with van der Waals surface area (Å²) in [7, 11) is 1.55. The van der Waals surface area contributed by atoms with E-state index in [0.29, 0.717) is 24.4 Å². The SMILES string of the molecule is COc1ccc(C)cc1NC(=O)NCCC(C)=O. The molecule has 98 valence electrons. The molecule has 0 saturated carbocycles.